The molecule has 3 heterocycles. The van der Waals surface area contributed by atoms with Crippen LogP contribution in [0, 0.1) is 0 Å². The van der Waals surface area contributed by atoms with Crippen molar-refractivity contribution in [3.8, 4) is 11.6 Å². The predicted molar refractivity (Wildman–Crippen MR) is 71.7 cm³/mol. The molecule has 0 atom stereocenters. The standard InChI is InChI=1S/C12H16N6O/c1-17-4-6-18(7-5-17)12-15-11(19-16-12)10-3-2-9(13)8-14-10/h2-3,8H,4-7,13H2,1H3. The molecule has 0 radical (unpaired) electrons. The number of aromatic nitrogens is 3. The number of nitrogen functional groups attached to an aromatic ring is 1. The van der Waals surface area contributed by atoms with Gasteiger partial charge in [-0.2, -0.15) is 4.98 Å². The Bertz CT molecular complexity index is 544. The fourth-order valence-corrected chi connectivity index (χ4v) is 1.99. The second-order valence-corrected chi connectivity index (χ2v) is 4.67. The van der Waals surface area contributed by atoms with Gasteiger partial charge >= 0.3 is 0 Å². The third-order valence-electron chi connectivity index (χ3n) is 3.21. The molecule has 0 bridgehead atoms. The summed E-state index contributed by atoms with van der Waals surface area (Å²) >= 11 is 0. The zero-order valence-electron chi connectivity index (χ0n) is 10.8. The summed E-state index contributed by atoms with van der Waals surface area (Å²) in [5, 5.41) is 4.01. The molecule has 0 unspecified atom stereocenters. The van der Waals surface area contributed by atoms with Crippen LogP contribution in [0.25, 0.3) is 11.6 Å². The Labute approximate surface area is 111 Å². The van der Waals surface area contributed by atoms with Crippen molar-refractivity contribution in [1.82, 2.24) is 20.0 Å². The van der Waals surface area contributed by atoms with Gasteiger partial charge in [0.2, 0.25) is 0 Å². The van der Waals surface area contributed by atoms with E-state index in [4.69, 9.17) is 10.3 Å². The van der Waals surface area contributed by atoms with Gasteiger partial charge in [0.15, 0.2) is 0 Å². The van der Waals surface area contributed by atoms with Crippen molar-refractivity contribution < 1.29 is 4.52 Å². The van der Waals surface area contributed by atoms with Crippen molar-refractivity contribution >= 4 is 11.6 Å². The van der Waals surface area contributed by atoms with E-state index < -0.39 is 0 Å². The number of hydrogen-bond acceptors (Lipinski definition) is 7. The van der Waals surface area contributed by atoms with Gasteiger partial charge in [0, 0.05) is 26.2 Å². The van der Waals surface area contributed by atoms with Gasteiger partial charge in [0.05, 0.1) is 11.9 Å². The Morgan fingerprint density at radius 2 is 2.00 bits per heavy atom. The molecule has 1 aliphatic heterocycles. The highest BCUT2D eigenvalue weighted by molar-refractivity contribution is 5.52. The van der Waals surface area contributed by atoms with Crippen molar-refractivity contribution in [3.63, 3.8) is 0 Å². The summed E-state index contributed by atoms with van der Waals surface area (Å²) in [5.74, 6) is 1.05. The summed E-state index contributed by atoms with van der Waals surface area (Å²) in [5.41, 5.74) is 6.85. The monoisotopic (exact) mass is 260 g/mol. The highest BCUT2D eigenvalue weighted by Gasteiger charge is 2.19. The normalized spacial score (nSPS) is 16.8. The van der Waals surface area contributed by atoms with Crippen LogP contribution >= 0.6 is 0 Å². The molecule has 2 aromatic heterocycles. The van der Waals surface area contributed by atoms with Crippen molar-refractivity contribution in [2.75, 3.05) is 43.9 Å². The minimum Gasteiger partial charge on any atom is -0.397 e. The van der Waals surface area contributed by atoms with Crippen molar-refractivity contribution in [1.29, 1.82) is 0 Å². The topological polar surface area (TPSA) is 84.3 Å². The quantitative estimate of drug-likeness (QED) is 0.839. The van der Waals surface area contributed by atoms with E-state index in [1.165, 1.54) is 0 Å². The van der Waals surface area contributed by atoms with Gasteiger partial charge in [-0.25, -0.2) is 4.98 Å². The largest absolute Gasteiger partial charge is 0.397 e. The van der Waals surface area contributed by atoms with Gasteiger partial charge in [-0.05, 0) is 24.3 Å². The fourth-order valence-electron chi connectivity index (χ4n) is 1.99. The minimum absolute atomic E-state index is 0.425. The minimum atomic E-state index is 0.425. The van der Waals surface area contributed by atoms with Gasteiger partial charge in [-0.3, -0.25) is 0 Å². The molecule has 19 heavy (non-hydrogen) atoms. The Kier molecular flexibility index (Phi) is 3.04. The molecule has 2 aromatic rings. The first-order valence-corrected chi connectivity index (χ1v) is 6.21. The molecule has 0 saturated carbocycles. The molecule has 0 amide bonds. The van der Waals surface area contributed by atoms with Crippen LogP contribution in [0.15, 0.2) is 22.9 Å². The Morgan fingerprint density at radius 1 is 1.21 bits per heavy atom. The molecular formula is C12H16N6O. The first-order valence-electron chi connectivity index (χ1n) is 6.21. The van der Waals surface area contributed by atoms with Crippen molar-refractivity contribution in [2.24, 2.45) is 0 Å². The van der Waals surface area contributed by atoms with Gasteiger partial charge in [0.1, 0.15) is 5.69 Å². The number of anilines is 2. The van der Waals surface area contributed by atoms with E-state index in [1.54, 1.807) is 18.3 Å². The maximum absolute atomic E-state index is 5.60. The summed E-state index contributed by atoms with van der Waals surface area (Å²) in [6, 6.07) is 3.54. The molecular weight excluding hydrogens is 244 g/mol. The van der Waals surface area contributed by atoms with E-state index in [9.17, 15) is 0 Å². The number of hydrogen-bond donors (Lipinski definition) is 1. The highest BCUT2D eigenvalue weighted by atomic mass is 16.5. The number of pyridine rings is 1. The number of nitrogens with zero attached hydrogens (tertiary/aromatic N) is 5. The lowest BCUT2D eigenvalue weighted by molar-refractivity contribution is 0.309. The Balaban J connectivity index is 1.77. The number of rotatable bonds is 2. The Hall–Kier alpha value is -2.15. The van der Waals surface area contributed by atoms with Crippen LogP contribution in [0.2, 0.25) is 0 Å². The summed E-state index contributed by atoms with van der Waals surface area (Å²) in [4.78, 5) is 12.9. The lowest BCUT2D eigenvalue weighted by Crippen LogP contribution is -2.44. The third-order valence-corrected chi connectivity index (χ3v) is 3.21. The summed E-state index contributed by atoms with van der Waals surface area (Å²) in [7, 11) is 2.11. The summed E-state index contributed by atoms with van der Waals surface area (Å²) in [6.07, 6.45) is 1.58. The number of likely N-dealkylation sites (N-methyl/N-ethyl adjacent to an activating group) is 1. The van der Waals surface area contributed by atoms with Gasteiger partial charge in [-0.15, -0.1) is 0 Å². The maximum Gasteiger partial charge on any atom is 0.278 e. The van der Waals surface area contributed by atoms with Crippen LogP contribution in [0.1, 0.15) is 0 Å². The van der Waals surface area contributed by atoms with E-state index in [1.807, 2.05) is 0 Å². The molecule has 0 aromatic carbocycles. The van der Waals surface area contributed by atoms with Crippen LogP contribution in [0.4, 0.5) is 11.6 Å². The Morgan fingerprint density at radius 3 is 2.68 bits per heavy atom. The van der Waals surface area contributed by atoms with Gasteiger partial charge in [0.25, 0.3) is 11.8 Å². The molecule has 2 N–H and O–H groups in total. The third kappa shape index (κ3) is 2.50. The molecule has 0 aliphatic carbocycles. The van der Waals surface area contributed by atoms with Crippen LogP contribution in [-0.2, 0) is 0 Å². The van der Waals surface area contributed by atoms with Crippen LogP contribution in [0.5, 0.6) is 0 Å². The molecule has 1 aliphatic rings. The maximum atomic E-state index is 5.60. The molecule has 1 saturated heterocycles. The number of nitrogens with two attached hydrogens (primary N) is 1. The molecule has 3 rings (SSSR count). The van der Waals surface area contributed by atoms with Crippen molar-refractivity contribution in [2.45, 2.75) is 0 Å². The van der Waals surface area contributed by atoms with E-state index in [0.29, 0.717) is 23.2 Å². The van der Waals surface area contributed by atoms with E-state index >= 15 is 0 Å². The first-order chi connectivity index (χ1) is 9.22. The van der Waals surface area contributed by atoms with E-state index in [-0.39, 0.29) is 0 Å². The van der Waals surface area contributed by atoms with Crippen LogP contribution in [0.3, 0.4) is 0 Å². The van der Waals surface area contributed by atoms with E-state index in [0.717, 1.165) is 26.2 Å². The van der Waals surface area contributed by atoms with Crippen molar-refractivity contribution in [3.05, 3.63) is 18.3 Å². The van der Waals surface area contributed by atoms with Crippen LogP contribution in [-0.4, -0.2) is 53.3 Å². The highest BCUT2D eigenvalue weighted by Crippen LogP contribution is 2.19. The second-order valence-electron chi connectivity index (χ2n) is 4.67. The second kappa shape index (κ2) is 4.85. The zero-order valence-corrected chi connectivity index (χ0v) is 10.8. The van der Waals surface area contributed by atoms with E-state index in [2.05, 4.69) is 32.0 Å². The smallest absolute Gasteiger partial charge is 0.278 e. The van der Waals surface area contributed by atoms with Gasteiger partial charge < -0.3 is 20.1 Å². The SMILES string of the molecule is CN1CCN(c2noc(-c3ccc(N)cn3)n2)CC1. The average molecular weight is 260 g/mol. The zero-order chi connectivity index (χ0) is 13.2. The molecule has 7 nitrogen and oxygen atoms in total. The van der Waals surface area contributed by atoms with Crippen LogP contribution < -0.4 is 10.6 Å². The first kappa shape index (κ1) is 11.9. The molecule has 1 fully saturated rings. The summed E-state index contributed by atoms with van der Waals surface area (Å²) in [6.45, 7) is 3.82. The number of piperazine rings is 1. The molecule has 100 valence electrons. The predicted octanol–water partition coefficient (Wildman–Crippen LogP) is 0.466. The lowest BCUT2D eigenvalue weighted by Gasteiger charge is -2.31. The molecule has 7 heteroatoms. The average Bonchev–Trinajstić information content (AvgIpc) is 2.90. The van der Waals surface area contributed by atoms with Gasteiger partial charge in [-0.1, -0.05) is 0 Å². The molecule has 0 spiro atoms. The fraction of sp³-hybridized carbons (Fsp3) is 0.417. The lowest BCUT2D eigenvalue weighted by atomic mass is 10.3. The summed E-state index contributed by atoms with van der Waals surface area (Å²) < 4.78 is 5.25.